The Hall–Kier alpha value is -2.70. The third kappa shape index (κ3) is 4.91. The van der Waals surface area contributed by atoms with Crippen LogP contribution in [-0.2, 0) is 23.2 Å². The van der Waals surface area contributed by atoms with Crippen molar-refractivity contribution in [2.24, 2.45) is 0 Å². The van der Waals surface area contributed by atoms with Crippen LogP contribution >= 0.6 is 0 Å². The van der Waals surface area contributed by atoms with Crippen molar-refractivity contribution in [1.82, 2.24) is 15.5 Å². The summed E-state index contributed by atoms with van der Waals surface area (Å²) in [4.78, 5) is 27.1. The van der Waals surface area contributed by atoms with Crippen LogP contribution in [0.1, 0.15) is 54.8 Å². The predicted octanol–water partition coefficient (Wildman–Crippen LogP) is 2.31. The Kier molecular flexibility index (Phi) is 5.33. The Morgan fingerprint density at radius 3 is 2.67 bits per heavy atom. The molecule has 0 aliphatic carbocycles. The number of amides is 1. The quantitative estimate of drug-likeness (QED) is 0.841. The Bertz CT molecular complexity index is 731. The zero-order valence-corrected chi connectivity index (χ0v) is 14.0. The average Bonchev–Trinajstić information content (AvgIpc) is 3.00. The minimum absolute atomic E-state index is 0.161. The highest BCUT2D eigenvalue weighted by Gasteiger charge is 2.21. The van der Waals surface area contributed by atoms with Crippen molar-refractivity contribution in [3.8, 4) is 0 Å². The van der Waals surface area contributed by atoms with Crippen molar-refractivity contribution < 1.29 is 19.2 Å². The highest BCUT2D eigenvalue weighted by atomic mass is 16.5. The van der Waals surface area contributed by atoms with Crippen LogP contribution in [0.3, 0.4) is 0 Å². The Balaban J connectivity index is 1.82. The second-order valence-corrected chi connectivity index (χ2v) is 6.54. The molecular formula is C17H21N3O4. The van der Waals surface area contributed by atoms with Crippen LogP contribution in [0.2, 0.25) is 0 Å². The number of hydrogen-bond acceptors (Lipinski definition) is 5. The normalized spacial score (nSPS) is 11.3. The third-order valence-corrected chi connectivity index (χ3v) is 3.37. The SMILES string of the molecule is CC(C)(C)c1noc(CCC(=O)NCc2cccc(C(=O)O)c2)n1. The van der Waals surface area contributed by atoms with Gasteiger partial charge in [0.05, 0.1) is 5.56 Å². The van der Waals surface area contributed by atoms with Crippen molar-refractivity contribution in [2.45, 2.75) is 45.6 Å². The van der Waals surface area contributed by atoms with E-state index in [1.165, 1.54) is 12.1 Å². The maximum atomic E-state index is 11.9. The van der Waals surface area contributed by atoms with Gasteiger partial charge < -0.3 is 14.9 Å². The van der Waals surface area contributed by atoms with Gasteiger partial charge in [0.25, 0.3) is 0 Å². The molecular weight excluding hydrogens is 310 g/mol. The van der Waals surface area contributed by atoms with E-state index in [-0.39, 0.29) is 29.9 Å². The Morgan fingerprint density at radius 2 is 2.04 bits per heavy atom. The molecule has 0 saturated heterocycles. The maximum Gasteiger partial charge on any atom is 0.335 e. The van der Waals surface area contributed by atoms with Gasteiger partial charge in [0, 0.05) is 24.8 Å². The Labute approximate surface area is 140 Å². The molecule has 2 aromatic rings. The summed E-state index contributed by atoms with van der Waals surface area (Å²) < 4.78 is 5.14. The molecule has 0 radical (unpaired) electrons. The molecule has 7 nitrogen and oxygen atoms in total. The van der Waals surface area contributed by atoms with Gasteiger partial charge in [-0.3, -0.25) is 4.79 Å². The van der Waals surface area contributed by atoms with E-state index < -0.39 is 5.97 Å². The average molecular weight is 331 g/mol. The van der Waals surface area contributed by atoms with Gasteiger partial charge in [-0.05, 0) is 17.7 Å². The molecule has 128 valence electrons. The third-order valence-electron chi connectivity index (χ3n) is 3.37. The number of aromatic carboxylic acids is 1. The minimum Gasteiger partial charge on any atom is -0.478 e. The summed E-state index contributed by atoms with van der Waals surface area (Å²) in [6.07, 6.45) is 0.592. The van der Waals surface area contributed by atoms with Gasteiger partial charge in [0.15, 0.2) is 5.82 Å². The first-order valence-corrected chi connectivity index (χ1v) is 7.67. The molecule has 7 heteroatoms. The van der Waals surface area contributed by atoms with Gasteiger partial charge in [0.1, 0.15) is 0 Å². The minimum atomic E-state index is -0.991. The van der Waals surface area contributed by atoms with Gasteiger partial charge >= 0.3 is 5.97 Å². The van der Waals surface area contributed by atoms with Gasteiger partial charge in [-0.1, -0.05) is 38.1 Å². The smallest absolute Gasteiger partial charge is 0.335 e. The van der Waals surface area contributed by atoms with Gasteiger partial charge in [0.2, 0.25) is 11.8 Å². The number of carbonyl (C=O) groups excluding carboxylic acids is 1. The van der Waals surface area contributed by atoms with Crippen LogP contribution in [0.4, 0.5) is 0 Å². The molecule has 2 N–H and O–H groups in total. The van der Waals surface area contributed by atoms with E-state index in [1.807, 2.05) is 20.8 Å². The zero-order chi connectivity index (χ0) is 17.7. The lowest BCUT2D eigenvalue weighted by molar-refractivity contribution is -0.121. The summed E-state index contributed by atoms with van der Waals surface area (Å²) in [6.45, 7) is 6.23. The molecule has 1 amide bonds. The van der Waals surface area contributed by atoms with Crippen LogP contribution in [-0.4, -0.2) is 27.1 Å². The molecule has 0 fully saturated rings. The summed E-state index contributed by atoms with van der Waals surface area (Å²) in [5, 5.41) is 15.6. The number of carbonyl (C=O) groups is 2. The first kappa shape index (κ1) is 17.7. The van der Waals surface area contributed by atoms with Crippen molar-refractivity contribution in [1.29, 1.82) is 0 Å². The molecule has 1 aromatic heterocycles. The number of carboxylic acids is 1. The molecule has 0 aliphatic rings. The first-order chi connectivity index (χ1) is 11.3. The molecule has 24 heavy (non-hydrogen) atoms. The number of nitrogens with zero attached hydrogens (tertiary/aromatic N) is 2. The summed E-state index contributed by atoms with van der Waals surface area (Å²) in [5.74, 6) is -0.105. The second-order valence-electron chi connectivity index (χ2n) is 6.54. The van der Waals surface area contributed by atoms with E-state index in [9.17, 15) is 9.59 Å². The monoisotopic (exact) mass is 331 g/mol. The fourth-order valence-corrected chi connectivity index (χ4v) is 1.98. The molecule has 0 saturated carbocycles. The van der Waals surface area contributed by atoms with E-state index in [4.69, 9.17) is 9.63 Å². The van der Waals surface area contributed by atoms with Crippen LogP contribution in [0.15, 0.2) is 28.8 Å². The van der Waals surface area contributed by atoms with Crippen LogP contribution in [0.25, 0.3) is 0 Å². The van der Waals surface area contributed by atoms with E-state index in [1.54, 1.807) is 12.1 Å². The second kappa shape index (κ2) is 7.25. The lowest BCUT2D eigenvalue weighted by Crippen LogP contribution is -2.23. The van der Waals surface area contributed by atoms with E-state index in [2.05, 4.69) is 15.5 Å². The largest absolute Gasteiger partial charge is 0.478 e. The number of aryl methyl sites for hydroxylation is 1. The van der Waals surface area contributed by atoms with E-state index >= 15 is 0 Å². The standard InChI is InChI=1S/C17H21N3O4/c1-17(2,3)16-19-14(24-20-16)8-7-13(21)18-10-11-5-4-6-12(9-11)15(22)23/h4-6,9H,7-8,10H2,1-3H3,(H,18,21)(H,22,23). The molecule has 0 spiro atoms. The summed E-state index contributed by atoms with van der Waals surface area (Å²) >= 11 is 0. The van der Waals surface area contributed by atoms with Gasteiger partial charge in [-0.25, -0.2) is 4.79 Å². The predicted molar refractivity (Wildman–Crippen MR) is 86.6 cm³/mol. The molecule has 0 atom stereocenters. The Morgan fingerprint density at radius 1 is 1.29 bits per heavy atom. The van der Waals surface area contributed by atoms with Gasteiger partial charge in [-0.15, -0.1) is 0 Å². The topological polar surface area (TPSA) is 105 Å². The van der Waals surface area contributed by atoms with Gasteiger partial charge in [-0.2, -0.15) is 4.98 Å². The number of carboxylic acid groups (broad SMARTS) is 1. The van der Waals surface area contributed by atoms with Crippen LogP contribution in [0, 0.1) is 0 Å². The molecule has 2 rings (SSSR count). The molecule has 0 unspecified atom stereocenters. The molecule has 1 heterocycles. The van der Waals surface area contributed by atoms with Crippen molar-refractivity contribution in [2.75, 3.05) is 0 Å². The number of benzene rings is 1. The highest BCUT2D eigenvalue weighted by Crippen LogP contribution is 2.18. The number of rotatable bonds is 6. The summed E-state index contributed by atoms with van der Waals surface area (Å²) in [7, 11) is 0. The zero-order valence-electron chi connectivity index (χ0n) is 14.0. The van der Waals surface area contributed by atoms with E-state index in [0.29, 0.717) is 18.1 Å². The van der Waals surface area contributed by atoms with Crippen molar-refractivity contribution in [3.63, 3.8) is 0 Å². The molecule has 0 bridgehead atoms. The fourth-order valence-electron chi connectivity index (χ4n) is 1.98. The molecule has 1 aromatic carbocycles. The maximum absolute atomic E-state index is 11.9. The lowest BCUT2D eigenvalue weighted by Gasteiger charge is -2.10. The number of nitrogens with one attached hydrogen (secondary N) is 1. The van der Waals surface area contributed by atoms with Crippen molar-refractivity contribution >= 4 is 11.9 Å². The number of aromatic nitrogens is 2. The first-order valence-electron chi connectivity index (χ1n) is 7.67. The fraction of sp³-hybridized carbons (Fsp3) is 0.412. The lowest BCUT2D eigenvalue weighted by atomic mass is 9.96. The molecule has 0 aliphatic heterocycles. The highest BCUT2D eigenvalue weighted by molar-refractivity contribution is 5.87. The van der Waals surface area contributed by atoms with E-state index in [0.717, 1.165) is 5.56 Å². The number of hydrogen-bond donors (Lipinski definition) is 2. The van der Waals surface area contributed by atoms with Crippen LogP contribution < -0.4 is 5.32 Å². The van der Waals surface area contributed by atoms with Crippen molar-refractivity contribution in [3.05, 3.63) is 47.1 Å². The van der Waals surface area contributed by atoms with Crippen LogP contribution in [0.5, 0.6) is 0 Å². The summed E-state index contributed by atoms with van der Waals surface area (Å²) in [5.41, 5.74) is 0.734. The summed E-state index contributed by atoms with van der Waals surface area (Å²) in [6, 6.07) is 6.46.